The molecule has 30 heavy (non-hydrogen) atoms. The number of aromatic nitrogens is 1. The number of hydrogen-bond donors (Lipinski definition) is 1. The highest BCUT2D eigenvalue weighted by Crippen LogP contribution is 2.31. The number of para-hydroxylation sites is 1. The molecule has 1 aromatic carbocycles. The first-order valence-electron chi connectivity index (χ1n) is 9.49. The lowest BCUT2D eigenvalue weighted by atomic mass is 10.1. The number of ether oxygens (including phenoxy) is 1. The molecule has 0 fully saturated rings. The van der Waals surface area contributed by atoms with Gasteiger partial charge in [0.05, 0.1) is 17.1 Å². The number of benzene rings is 1. The zero-order valence-electron chi connectivity index (χ0n) is 17.7. The normalized spacial score (nSPS) is 11.2. The van der Waals surface area contributed by atoms with Gasteiger partial charge in [-0.25, -0.2) is 9.78 Å². The van der Waals surface area contributed by atoms with Crippen molar-refractivity contribution in [2.45, 2.75) is 39.8 Å². The second-order valence-electron chi connectivity index (χ2n) is 7.86. The Bertz CT molecular complexity index is 1040. The predicted molar refractivity (Wildman–Crippen MR) is 122 cm³/mol. The van der Waals surface area contributed by atoms with Gasteiger partial charge in [0, 0.05) is 12.7 Å². The van der Waals surface area contributed by atoms with Crippen LogP contribution < -0.4 is 5.32 Å². The Morgan fingerprint density at radius 3 is 2.57 bits per heavy atom. The summed E-state index contributed by atoms with van der Waals surface area (Å²) in [4.78, 5) is 32.9. The second-order valence-corrected chi connectivity index (χ2v) is 9.81. The lowest BCUT2D eigenvalue weighted by molar-refractivity contribution is 0.0285. The van der Waals surface area contributed by atoms with Crippen LogP contribution in [0.2, 0.25) is 0 Å². The van der Waals surface area contributed by atoms with Crippen LogP contribution in [-0.4, -0.2) is 34.5 Å². The van der Waals surface area contributed by atoms with Crippen molar-refractivity contribution in [2.24, 2.45) is 0 Å². The van der Waals surface area contributed by atoms with E-state index in [0.29, 0.717) is 22.8 Å². The summed E-state index contributed by atoms with van der Waals surface area (Å²) >= 11 is 2.97. The van der Waals surface area contributed by atoms with E-state index in [0.717, 1.165) is 15.4 Å². The highest BCUT2D eigenvalue weighted by molar-refractivity contribution is 7.22. The van der Waals surface area contributed by atoms with Crippen molar-refractivity contribution in [3.63, 3.8) is 0 Å². The van der Waals surface area contributed by atoms with E-state index in [1.165, 1.54) is 16.2 Å². The van der Waals surface area contributed by atoms with Crippen molar-refractivity contribution in [1.82, 2.24) is 9.88 Å². The standard InChI is InChI=1S/C22H25N3O3S2/c1-14-18(30-20(23-14)17-11-8-12-29-17)19(26)24-16-10-7-6-9-15(16)13-25(5)21(27)28-22(2,3)4/h6-12H,13H2,1-5H3,(H,24,26). The molecule has 0 saturated carbocycles. The number of nitrogens with zero attached hydrogens (tertiary/aromatic N) is 2. The Kier molecular flexibility index (Phi) is 6.58. The minimum Gasteiger partial charge on any atom is -0.444 e. The van der Waals surface area contributed by atoms with Gasteiger partial charge in [0.15, 0.2) is 0 Å². The Morgan fingerprint density at radius 1 is 1.17 bits per heavy atom. The van der Waals surface area contributed by atoms with Crippen LogP contribution in [0.1, 0.15) is 41.7 Å². The lowest BCUT2D eigenvalue weighted by Crippen LogP contribution is -2.34. The average Bonchev–Trinajstić information content (AvgIpc) is 3.31. The summed E-state index contributed by atoms with van der Waals surface area (Å²) in [6.45, 7) is 7.64. The fraction of sp³-hybridized carbons (Fsp3) is 0.318. The van der Waals surface area contributed by atoms with Gasteiger partial charge in [0.25, 0.3) is 5.91 Å². The number of carbonyl (C=O) groups is 2. The third-order valence-corrected chi connectivity index (χ3v) is 6.31. The average molecular weight is 444 g/mol. The maximum atomic E-state index is 12.9. The minimum absolute atomic E-state index is 0.208. The van der Waals surface area contributed by atoms with Crippen LogP contribution in [0.3, 0.4) is 0 Å². The van der Waals surface area contributed by atoms with Crippen molar-refractivity contribution >= 4 is 40.4 Å². The molecular formula is C22H25N3O3S2. The van der Waals surface area contributed by atoms with E-state index in [1.807, 2.05) is 69.5 Å². The largest absolute Gasteiger partial charge is 0.444 e. The monoisotopic (exact) mass is 443 g/mol. The highest BCUT2D eigenvalue weighted by Gasteiger charge is 2.21. The number of nitrogens with one attached hydrogen (secondary N) is 1. The van der Waals surface area contributed by atoms with Crippen molar-refractivity contribution in [1.29, 1.82) is 0 Å². The van der Waals surface area contributed by atoms with Gasteiger partial charge < -0.3 is 15.0 Å². The summed E-state index contributed by atoms with van der Waals surface area (Å²) in [6, 6.07) is 11.4. The maximum Gasteiger partial charge on any atom is 0.410 e. The number of anilines is 1. The lowest BCUT2D eigenvalue weighted by Gasteiger charge is -2.25. The SMILES string of the molecule is Cc1nc(-c2cccs2)sc1C(=O)Nc1ccccc1CN(C)C(=O)OC(C)(C)C. The molecule has 0 aliphatic rings. The van der Waals surface area contributed by atoms with Crippen molar-refractivity contribution in [3.05, 3.63) is 57.9 Å². The number of hydrogen-bond acceptors (Lipinski definition) is 6. The van der Waals surface area contributed by atoms with Gasteiger partial charge in [-0.2, -0.15) is 0 Å². The van der Waals surface area contributed by atoms with Gasteiger partial charge in [0.2, 0.25) is 0 Å². The first-order valence-corrected chi connectivity index (χ1v) is 11.2. The Labute approximate surface area is 184 Å². The van der Waals surface area contributed by atoms with Crippen molar-refractivity contribution in [2.75, 3.05) is 12.4 Å². The third-order valence-electron chi connectivity index (χ3n) is 4.11. The van der Waals surface area contributed by atoms with Crippen LogP contribution in [0.4, 0.5) is 10.5 Å². The quantitative estimate of drug-likeness (QED) is 0.541. The molecule has 2 aromatic heterocycles. The predicted octanol–water partition coefficient (Wildman–Crippen LogP) is 5.80. The van der Waals surface area contributed by atoms with Gasteiger partial charge in [-0.15, -0.1) is 22.7 Å². The zero-order valence-corrected chi connectivity index (χ0v) is 19.3. The van der Waals surface area contributed by atoms with Gasteiger partial charge in [-0.05, 0) is 50.8 Å². The molecule has 0 atom stereocenters. The van der Waals surface area contributed by atoms with Crippen LogP contribution in [0.25, 0.3) is 9.88 Å². The third kappa shape index (κ3) is 5.46. The van der Waals surface area contributed by atoms with E-state index < -0.39 is 11.7 Å². The molecular weight excluding hydrogens is 418 g/mol. The Morgan fingerprint density at radius 2 is 1.90 bits per heavy atom. The zero-order chi connectivity index (χ0) is 21.9. The number of aryl methyl sites for hydroxylation is 1. The summed E-state index contributed by atoms with van der Waals surface area (Å²) in [5.74, 6) is -0.208. The summed E-state index contributed by atoms with van der Waals surface area (Å²) in [5.41, 5.74) is 1.61. The van der Waals surface area contributed by atoms with E-state index in [1.54, 1.807) is 18.4 Å². The molecule has 0 aliphatic heterocycles. The number of rotatable bonds is 5. The minimum atomic E-state index is -0.566. The topological polar surface area (TPSA) is 71.5 Å². The van der Waals surface area contributed by atoms with E-state index in [2.05, 4.69) is 10.3 Å². The van der Waals surface area contributed by atoms with Gasteiger partial charge in [0.1, 0.15) is 15.5 Å². The van der Waals surface area contributed by atoms with Crippen LogP contribution in [-0.2, 0) is 11.3 Å². The fourth-order valence-corrected chi connectivity index (χ4v) is 4.49. The molecule has 158 valence electrons. The summed E-state index contributed by atoms with van der Waals surface area (Å²) in [7, 11) is 1.67. The molecule has 6 nitrogen and oxygen atoms in total. The Hall–Kier alpha value is -2.71. The number of thiophene rings is 1. The summed E-state index contributed by atoms with van der Waals surface area (Å²) in [5, 5.41) is 5.80. The second kappa shape index (κ2) is 8.97. The molecule has 0 spiro atoms. The number of amides is 2. The number of carbonyl (C=O) groups excluding carboxylic acids is 2. The first kappa shape index (κ1) is 22.0. The molecule has 0 aliphatic carbocycles. The van der Waals surface area contributed by atoms with Crippen LogP contribution in [0.5, 0.6) is 0 Å². The molecule has 0 radical (unpaired) electrons. The van der Waals surface area contributed by atoms with Gasteiger partial charge >= 0.3 is 6.09 Å². The fourth-order valence-electron chi connectivity index (χ4n) is 2.73. The summed E-state index contributed by atoms with van der Waals surface area (Å²) in [6.07, 6.45) is -0.414. The van der Waals surface area contributed by atoms with E-state index >= 15 is 0 Å². The van der Waals surface area contributed by atoms with Crippen LogP contribution in [0.15, 0.2) is 41.8 Å². The van der Waals surface area contributed by atoms with Crippen molar-refractivity contribution < 1.29 is 14.3 Å². The number of thiazole rings is 1. The van der Waals surface area contributed by atoms with Gasteiger partial charge in [-0.1, -0.05) is 24.3 Å². The Balaban J connectivity index is 1.75. The molecule has 8 heteroatoms. The molecule has 0 unspecified atom stereocenters. The maximum absolute atomic E-state index is 12.9. The highest BCUT2D eigenvalue weighted by atomic mass is 32.1. The van der Waals surface area contributed by atoms with E-state index in [-0.39, 0.29) is 5.91 Å². The molecule has 3 aromatic rings. The van der Waals surface area contributed by atoms with E-state index in [9.17, 15) is 9.59 Å². The van der Waals surface area contributed by atoms with E-state index in [4.69, 9.17) is 4.74 Å². The molecule has 0 saturated heterocycles. The smallest absolute Gasteiger partial charge is 0.410 e. The molecule has 2 amide bonds. The molecule has 3 rings (SSSR count). The molecule has 2 heterocycles. The molecule has 1 N–H and O–H groups in total. The first-order chi connectivity index (χ1) is 14.1. The van der Waals surface area contributed by atoms with Crippen LogP contribution >= 0.6 is 22.7 Å². The van der Waals surface area contributed by atoms with Gasteiger partial charge in [-0.3, -0.25) is 4.79 Å². The summed E-state index contributed by atoms with van der Waals surface area (Å²) < 4.78 is 5.41. The molecule has 0 bridgehead atoms. The van der Waals surface area contributed by atoms with Crippen LogP contribution in [0, 0.1) is 6.92 Å². The van der Waals surface area contributed by atoms with Crippen molar-refractivity contribution in [3.8, 4) is 9.88 Å².